The van der Waals surface area contributed by atoms with Crippen LogP contribution in [-0.2, 0) is 21.9 Å². The predicted octanol–water partition coefficient (Wildman–Crippen LogP) is 6.18. The molecule has 0 radical (unpaired) electrons. The van der Waals surface area contributed by atoms with Gasteiger partial charge in [-0.25, -0.2) is 0 Å². The lowest BCUT2D eigenvalue weighted by Crippen LogP contribution is -2.52. The van der Waals surface area contributed by atoms with Crippen LogP contribution in [-0.4, -0.2) is 34.0 Å². The van der Waals surface area contributed by atoms with E-state index in [2.05, 4.69) is 37.4 Å². The molecule has 0 aliphatic heterocycles. The molecule has 0 heterocycles. The van der Waals surface area contributed by atoms with E-state index in [1.54, 1.807) is 30.0 Å². The summed E-state index contributed by atoms with van der Waals surface area (Å²) in [7, 11) is 0. The smallest absolute Gasteiger partial charge is 0.242 e. The van der Waals surface area contributed by atoms with Crippen molar-refractivity contribution in [1.29, 1.82) is 0 Å². The number of aryl methyl sites for hydroxylation is 2. The van der Waals surface area contributed by atoms with Gasteiger partial charge >= 0.3 is 0 Å². The summed E-state index contributed by atoms with van der Waals surface area (Å²) in [5, 5.41) is 3.91. The molecule has 4 nitrogen and oxygen atoms in total. The molecule has 0 saturated carbocycles. The molecule has 0 bridgehead atoms. The zero-order chi connectivity index (χ0) is 24.1. The van der Waals surface area contributed by atoms with Crippen LogP contribution in [0.25, 0.3) is 0 Å². The standard InChI is InChI=1S/C25H32Cl2N2O2S/c1-16-10-17(2)12-19(11-16)14-32-15-23(30)29(18(3)24(31)28-25(4,5)6)13-20-21(26)8-7-9-22(20)27/h7-12,18H,13-15H2,1-6H3,(H,28,31). The zero-order valence-electron chi connectivity index (χ0n) is 19.6. The number of benzene rings is 2. The number of carbonyl (C=O) groups is 2. The van der Waals surface area contributed by atoms with Gasteiger partial charge in [0.15, 0.2) is 0 Å². The van der Waals surface area contributed by atoms with Crippen molar-refractivity contribution in [2.45, 2.75) is 65.4 Å². The maximum Gasteiger partial charge on any atom is 0.242 e. The van der Waals surface area contributed by atoms with Crippen molar-refractivity contribution in [1.82, 2.24) is 10.2 Å². The average Bonchev–Trinajstić information content (AvgIpc) is 2.65. The van der Waals surface area contributed by atoms with Crippen molar-refractivity contribution in [3.8, 4) is 0 Å². The molecular weight excluding hydrogens is 463 g/mol. The molecule has 0 fully saturated rings. The Morgan fingerprint density at radius 1 is 1.06 bits per heavy atom. The number of nitrogens with zero attached hydrogens (tertiary/aromatic N) is 1. The minimum atomic E-state index is -0.670. The van der Waals surface area contributed by atoms with Crippen LogP contribution >= 0.6 is 35.0 Å². The van der Waals surface area contributed by atoms with Crippen LogP contribution in [0.5, 0.6) is 0 Å². The minimum Gasteiger partial charge on any atom is -0.350 e. The van der Waals surface area contributed by atoms with Gasteiger partial charge in [0, 0.05) is 33.4 Å². The molecular formula is C25H32Cl2N2O2S. The van der Waals surface area contributed by atoms with Gasteiger partial charge in [-0.3, -0.25) is 9.59 Å². The molecule has 2 aromatic carbocycles. The second-order valence-corrected chi connectivity index (χ2v) is 10.9. The Kier molecular flexibility index (Phi) is 9.50. The van der Waals surface area contributed by atoms with Crippen LogP contribution < -0.4 is 5.32 Å². The van der Waals surface area contributed by atoms with Crippen molar-refractivity contribution < 1.29 is 9.59 Å². The molecule has 32 heavy (non-hydrogen) atoms. The number of halogens is 2. The zero-order valence-corrected chi connectivity index (χ0v) is 21.9. The number of thioether (sulfide) groups is 1. The highest BCUT2D eigenvalue weighted by Gasteiger charge is 2.29. The van der Waals surface area contributed by atoms with Gasteiger partial charge in [-0.05, 0) is 59.2 Å². The molecule has 2 rings (SSSR count). The molecule has 0 aromatic heterocycles. The van der Waals surface area contributed by atoms with Gasteiger partial charge in [-0.1, -0.05) is 58.6 Å². The first-order chi connectivity index (χ1) is 14.9. The van der Waals surface area contributed by atoms with Crippen LogP contribution in [0.15, 0.2) is 36.4 Å². The van der Waals surface area contributed by atoms with Gasteiger partial charge in [0.1, 0.15) is 6.04 Å². The molecule has 2 aromatic rings. The molecule has 2 amide bonds. The Hall–Kier alpha value is -1.69. The molecule has 1 N–H and O–H groups in total. The van der Waals surface area contributed by atoms with Crippen molar-refractivity contribution >= 4 is 46.8 Å². The van der Waals surface area contributed by atoms with Crippen molar-refractivity contribution in [3.05, 3.63) is 68.7 Å². The summed E-state index contributed by atoms with van der Waals surface area (Å²) in [6.07, 6.45) is 0. The van der Waals surface area contributed by atoms with Crippen molar-refractivity contribution in [2.24, 2.45) is 0 Å². The molecule has 174 valence electrons. The van der Waals surface area contributed by atoms with Gasteiger partial charge in [-0.2, -0.15) is 0 Å². The van der Waals surface area contributed by atoms with E-state index < -0.39 is 11.6 Å². The van der Waals surface area contributed by atoms with Crippen molar-refractivity contribution in [2.75, 3.05) is 5.75 Å². The summed E-state index contributed by atoms with van der Waals surface area (Å²) in [6.45, 7) is 11.8. The average molecular weight is 496 g/mol. The van der Waals surface area contributed by atoms with E-state index in [1.165, 1.54) is 28.5 Å². The summed E-state index contributed by atoms with van der Waals surface area (Å²) in [4.78, 5) is 27.7. The lowest BCUT2D eigenvalue weighted by Gasteiger charge is -2.32. The van der Waals surface area contributed by atoms with Crippen molar-refractivity contribution in [3.63, 3.8) is 0 Å². The van der Waals surface area contributed by atoms with E-state index in [0.717, 1.165) is 5.75 Å². The Bertz CT molecular complexity index is 932. The maximum absolute atomic E-state index is 13.2. The molecule has 7 heteroatoms. The number of rotatable bonds is 8. The van der Waals surface area contributed by atoms with E-state index in [0.29, 0.717) is 15.6 Å². The van der Waals surface area contributed by atoms with Gasteiger partial charge in [0.05, 0.1) is 5.75 Å². The molecule has 0 spiro atoms. The van der Waals surface area contributed by atoms with Gasteiger partial charge in [-0.15, -0.1) is 11.8 Å². The number of nitrogens with one attached hydrogen (secondary N) is 1. The first-order valence-electron chi connectivity index (χ1n) is 10.6. The Balaban J connectivity index is 2.18. The van der Waals surface area contributed by atoms with E-state index in [1.807, 2.05) is 20.8 Å². The largest absolute Gasteiger partial charge is 0.350 e. The topological polar surface area (TPSA) is 49.4 Å². The maximum atomic E-state index is 13.2. The van der Waals surface area contributed by atoms with Gasteiger partial charge < -0.3 is 10.2 Å². The summed E-state index contributed by atoms with van der Waals surface area (Å²) in [5.41, 5.74) is 3.82. The second-order valence-electron chi connectivity index (χ2n) is 9.13. The van der Waals surface area contributed by atoms with Crippen LogP contribution in [0.1, 0.15) is 49.9 Å². The summed E-state index contributed by atoms with van der Waals surface area (Å²) >= 11 is 14.2. The Labute approximate surface area is 206 Å². The van der Waals surface area contributed by atoms with Crippen LogP contribution in [0.2, 0.25) is 10.0 Å². The highest BCUT2D eigenvalue weighted by molar-refractivity contribution is 7.99. The monoisotopic (exact) mass is 494 g/mol. The quantitative estimate of drug-likeness (QED) is 0.476. The Morgan fingerprint density at radius 2 is 1.62 bits per heavy atom. The molecule has 1 atom stereocenters. The molecule has 0 aliphatic carbocycles. The third-order valence-corrected chi connectivity index (χ3v) is 6.53. The van der Waals surface area contributed by atoms with Crippen LogP contribution in [0.3, 0.4) is 0 Å². The van der Waals surface area contributed by atoms with E-state index in [-0.39, 0.29) is 24.1 Å². The number of hydrogen-bond acceptors (Lipinski definition) is 3. The summed E-state index contributed by atoms with van der Waals surface area (Å²) in [5.74, 6) is 0.625. The summed E-state index contributed by atoms with van der Waals surface area (Å²) in [6, 6.07) is 11.0. The van der Waals surface area contributed by atoms with Gasteiger partial charge in [0.2, 0.25) is 11.8 Å². The Morgan fingerprint density at radius 3 is 2.16 bits per heavy atom. The third-order valence-electron chi connectivity index (χ3n) is 4.83. The minimum absolute atomic E-state index is 0.132. The summed E-state index contributed by atoms with van der Waals surface area (Å²) < 4.78 is 0. The predicted molar refractivity (Wildman–Crippen MR) is 136 cm³/mol. The van der Waals surface area contributed by atoms with E-state index >= 15 is 0 Å². The normalized spacial score (nSPS) is 12.4. The highest BCUT2D eigenvalue weighted by atomic mass is 35.5. The number of hydrogen-bond donors (Lipinski definition) is 1. The van der Waals surface area contributed by atoms with Crippen LogP contribution in [0, 0.1) is 13.8 Å². The van der Waals surface area contributed by atoms with E-state index in [4.69, 9.17) is 23.2 Å². The molecule has 0 saturated heterocycles. The van der Waals surface area contributed by atoms with Crippen LogP contribution in [0.4, 0.5) is 0 Å². The fraction of sp³-hybridized carbons (Fsp3) is 0.440. The lowest BCUT2D eigenvalue weighted by atomic mass is 10.1. The fourth-order valence-electron chi connectivity index (χ4n) is 3.40. The number of carbonyl (C=O) groups excluding carboxylic acids is 2. The SMILES string of the molecule is Cc1cc(C)cc(CSCC(=O)N(Cc2c(Cl)cccc2Cl)C(C)C(=O)NC(C)(C)C)c1. The second kappa shape index (κ2) is 11.4. The lowest BCUT2D eigenvalue weighted by molar-refractivity contribution is -0.139. The first kappa shape index (κ1) is 26.6. The highest BCUT2D eigenvalue weighted by Crippen LogP contribution is 2.27. The number of amides is 2. The molecule has 0 aliphatic rings. The first-order valence-corrected chi connectivity index (χ1v) is 12.5. The fourth-order valence-corrected chi connectivity index (χ4v) is 4.76. The third kappa shape index (κ3) is 8.02. The van der Waals surface area contributed by atoms with Gasteiger partial charge in [0.25, 0.3) is 0 Å². The van der Waals surface area contributed by atoms with E-state index in [9.17, 15) is 9.59 Å². The molecule has 1 unspecified atom stereocenters.